The van der Waals surface area contributed by atoms with Crippen LogP contribution in [0.3, 0.4) is 0 Å². The molecular weight excluding hydrogens is 244 g/mol. The Hall–Kier alpha value is -1.26. The Labute approximate surface area is 115 Å². The minimum atomic E-state index is -0.950. The van der Waals surface area contributed by atoms with Crippen LogP contribution in [-0.2, 0) is 4.79 Å². The highest BCUT2D eigenvalue weighted by atomic mass is 16.4. The lowest BCUT2D eigenvalue weighted by Crippen LogP contribution is -2.51. The topological polar surface area (TPSA) is 69.6 Å². The molecule has 0 heterocycles. The summed E-state index contributed by atoms with van der Waals surface area (Å²) in [6.45, 7) is 6.59. The van der Waals surface area contributed by atoms with Crippen LogP contribution in [-0.4, -0.2) is 40.6 Å². The first-order chi connectivity index (χ1) is 9.01. The molecule has 0 aromatic heterocycles. The van der Waals surface area contributed by atoms with Crippen molar-refractivity contribution in [1.82, 2.24) is 10.2 Å². The van der Waals surface area contributed by atoms with Crippen LogP contribution in [0.5, 0.6) is 0 Å². The predicted molar refractivity (Wildman–Crippen MR) is 74.0 cm³/mol. The molecule has 1 rings (SSSR count). The van der Waals surface area contributed by atoms with E-state index in [0.29, 0.717) is 6.04 Å². The zero-order valence-corrected chi connectivity index (χ0v) is 12.2. The van der Waals surface area contributed by atoms with Gasteiger partial charge in [-0.3, -0.25) is 0 Å². The summed E-state index contributed by atoms with van der Waals surface area (Å²) in [4.78, 5) is 25.2. The standard InChI is InChI=1S/C14H26N2O3/c1-4-6-9-16(11-7-8-11)14(19)15-12(13(17)18)10(3)5-2/h10-12H,4-9H2,1-3H3,(H,15,19)(H,17,18)/t10?,12-/m0/s1. The number of hydrogen-bond acceptors (Lipinski definition) is 2. The summed E-state index contributed by atoms with van der Waals surface area (Å²) in [6.07, 6.45) is 4.81. The lowest BCUT2D eigenvalue weighted by Gasteiger charge is -2.27. The maximum absolute atomic E-state index is 12.2. The van der Waals surface area contributed by atoms with Crippen molar-refractivity contribution in [2.45, 2.75) is 65.0 Å². The zero-order valence-electron chi connectivity index (χ0n) is 12.2. The van der Waals surface area contributed by atoms with Gasteiger partial charge in [0.2, 0.25) is 0 Å². The molecule has 19 heavy (non-hydrogen) atoms. The van der Waals surface area contributed by atoms with Crippen LogP contribution in [0.2, 0.25) is 0 Å². The number of carbonyl (C=O) groups excluding carboxylic acids is 1. The van der Waals surface area contributed by atoms with Gasteiger partial charge in [-0.05, 0) is 25.2 Å². The zero-order chi connectivity index (χ0) is 14.4. The molecular formula is C14H26N2O3. The van der Waals surface area contributed by atoms with Gasteiger partial charge in [-0.2, -0.15) is 0 Å². The lowest BCUT2D eigenvalue weighted by molar-refractivity contribution is -0.140. The summed E-state index contributed by atoms with van der Waals surface area (Å²) in [5.41, 5.74) is 0. The molecule has 1 unspecified atom stereocenters. The van der Waals surface area contributed by atoms with Gasteiger partial charge in [0.05, 0.1) is 0 Å². The SMILES string of the molecule is CCCCN(C(=O)N[C@H](C(=O)O)C(C)CC)C1CC1. The molecule has 5 nitrogen and oxygen atoms in total. The van der Waals surface area contributed by atoms with Gasteiger partial charge >= 0.3 is 12.0 Å². The summed E-state index contributed by atoms with van der Waals surface area (Å²) in [5, 5.41) is 11.9. The highest BCUT2D eigenvalue weighted by molar-refractivity contribution is 5.83. The van der Waals surface area contributed by atoms with Crippen molar-refractivity contribution in [3.8, 4) is 0 Å². The molecule has 2 atom stereocenters. The molecule has 1 saturated carbocycles. The number of carbonyl (C=O) groups is 2. The van der Waals surface area contributed by atoms with Gasteiger partial charge in [-0.1, -0.05) is 33.6 Å². The van der Waals surface area contributed by atoms with Crippen LogP contribution in [0.25, 0.3) is 0 Å². The second kappa shape index (κ2) is 7.36. The molecule has 2 amide bonds. The van der Waals surface area contributed by atoms with Gasteiger partial charge in [0.25, 0.3) is 0 Å². The number of rotatable bonds is 8. The van der Waals surface area contributed by atoms with Crippen LogP contribution < -0.4 is 5.32 Å². The molecule has 0 bridgehead atoms. The first kappa shape index (κ1) is 15.8. The van der Waals surface area contributed by atoms with Crippen molar-refractivity contribution < 1.29 is 14.7 Å². The van der Waals surface area contributed by atoms with Crippen LogP contribution in [0.15, 0.2) is 0 Å². The molecule has 0 spiro atoms. The van der Waals surface area contributed by atoms with E-state index in [-0.39, 0.29) is 11.9 Å². The molecule has 0 aliphatic heterocycles. The minimum absolute atomic E-state index is 0.0614. The Bertz CT molecular complexity index is 316. The molecule has 110 valence electrons. The number of nitrogens with zero attached hydrogens (tertiary/aromatic N) is 1. The van der Waals surface area contributed by atoms with Crippen LogP contribution in [0, 0.1) is 5.92 Å². The second-order valence-electron chi connectivity index (χ2n) is 5.43. The molecule has 2 N–H and O–H groups in total. The molecule has 1 fully saturated rings. The number of carboxylic acids is 1. The Morgan fingerprint density at radius 2 is 2.00 bits per heavy atom. The van der Waals surface area contributed by atoms with Gasteiger partial charge in [0, 0.05) is 12.6 Å². The first-order valence-electron chi connectivity index (χ1n) is 7.31. The largest absolute Gasteiger partial charge is 0.480 e. The fraction of sp³-hybridized carbons (Fsp3) is 0.857. The molecule has 0 saturated heterocycles. The third kappa shape index (κ3) is 4.73. The van der Waals surface area contributed by atoms with E-state index in [1.807, 2.05) is 18.7 Å². The number of hydrogen-bond donors (Lipinski definition) is 2. The monoisotopic (exact) mass is 270 g/mol. The Morgan fingerprint density at radius 1 is 1.37 bits per heavy atom. The lowest BCUT2D eigenvalue weighted by atomic mass is 9.99. The second-order valence-corrected chi connectivity index (χ2v) is 5.43. The smallest absolute Gasteiger partial charge is 0.326 e. The van der Waals surface area contributed by atoms with Crippen LogP contribution in [0.4, 0.5) is 4.79 Å². The quantitative estimate of drug-likeness (QED) is 0.712. The number of nitrogens with one attached hydrogen (secondary N) is 1. The number of urea groups is 1. The fourth-order valence-corrected chi connectivity index (χ4v) is 2.06. The van der Waals surface area contributed by atoms with Crippen molar-refractivity contribution in [2.24, 2.45) is 5.92 Å². The van der Waals surface area contributed by atoms with Gasteiger partial charge in [-0.25, -0.2) is 9.59 Å². The Kier molecular flexibility index (Phi) is 6.12. The first-order valence-corrected chi connectivity index (χ1v) is 7.31. The summed E-state index contributed by atoms with van der Waals surface area (Å²) in [7, 11) is 0. The molecule has 0 aromatic carbocycles. The molecule has 0 aromatic rings. The Morgan fingerprint density at radius 3 is 2.42 bits per heavy atom. The summed E-state index contributed by atoms with van der Waals surface area (Å²) < 4.78 is 0. The van der Waals surface area contributed by atoms with Crippen LogP contribution >= 0.6 is 0 Å². The fourth-order valence-electron chi connectivity index (χ4n) is 2.06. The molecule has 1 aliphatic rings. The minimum Gasteiger partial charge on any atom is -0.480 e. The molecule has 0 radical (unpaired) electrons. The molecule has 5 heteroatoms. The van der Waals surface area contributed by atoms with Crippen molar-refractivity contribution >= 4 is 12.0 Å². The van der Waals surface area contributed by atoms with Crippen molar-refractivity contribution in [2.75, 3.05) is 6.54 Å². The van der Waals surface area contributed by atoms with E-state index in [9.17, 15) is 14.7 Å². The predicted octanol–water partition coefficient (Wildman–Crippen LogP) is 2.46. The average molecular weight is 270 g/mol. The number of unbranched alkanes of at least 4 members (excludes halogenated alkanes) is 1. The van der Waals surface area contributed by atoms with Crippen LogP contribution in [0.1, 0.15) is 52.9 Å². The summed E-state index contributed by atoms with van der Waals surface area (Å²) in [6, 6.07) is -0.693. The maximum atomic E-state index is 12.2. The summed E-state index contributed by atoms with van der Waals surface area (Å²) >= 11 is 0. The highest BCUT2D eigenvalue weighted by Gasteiger charge is 2.34. The van der Waals surface area contributed by atoms with Crippen molar-refractivity contribution in [1.29, 1.82) is 0 Å². The number of carboxylic acid groups (broad SMARTS) is 1. The molecule has 1 aliphatic carbocycles. The normalized spacial score (nSPS) is 17.6. The van der Waals surface area contributed by atoms with E-state index in [0.717, 1.165) is 38.6 Å². The Balaban J connectivity index is 2.60. The average Bonchev–Trinajstić information content (AvgIpc) is 3.19. The summed E-state index contributed by atoms with van der Waals surface area (Å²) in [5.74, 6) is -1.01. The van der Waals surface area contributed by atoms with Gasteiger partial charge in [0.1, 0.15) is 6.04 Å². The highest BCUT2D eigenvalue weighted by Crippen LogP contribution is 2.27. The third-order valence-electron chi connectivity index (χ3n) is 3.76. The van der Waals surface area contributed by atoms with Crippen molar-refractivity contribution in [3.63, 3.8) is 0 Å². The number of amides is 2. The van der Waals surface area contributed by atoms with E-state index in [1.54, 1.807) is 0 Å². The van der Waals surface area contributed by atoms with E-state index in [4.69, 9.17) is 0 Å². The van der Waals surface area contributed by atoms with Crippen molar-refractivity contribution in [3.05, 3.63) is 0 Å². The van der Waals surface area contributed by atoms with E-state index in [1.165, 1.54) is 0 Å². The van der Waals surface area contributed by atoms with Gasteiger partial charge in [-0.15, -0.1) is 0 Å². The van der Waals surface area contributed by atoms with E-state index in [2.05, 4.69) is 12.2 Å². The van der Waals surface area contributed by atoms with E-state index < -0.39 is 12.0 Å². The van der Waals surface area contributed by atoms with E-state index >= 15 is 0 Å². The number of aliphatic carboxylic acids is 1. The van der Waals surface area contributed by atoms with Gasteiger partial charge in [0.15, 0.2) is 0 Å². The van der Waals surface area contributed by atoms with Gasteiger partial charge < -0.3 is 15.3 Å². The maximum Gasteiger partial charge on any atom is 0.326 e. The third-order valence-corrected chi connectivity index (χ3v) is 3.76.